The van der Waals surface area contributed by atoms with Gasteiger partial charge in [-0.15, -0.1) is 5.10 Å². The van der Waals surface area contributed by atoms with E-state index >= 15 is 0 Å². The maximum absolute atomic E-state index is 12.8. The number of benzene rings is 1. The Balaban J connectivity index is 1.57. The topological polar surface area (TPSA) is 90.9 Å². The van der Waals surface area contributed by atoms with Gasteiger partial charge >= 0.3 is 0 Å². The molecule has 0 radical (unpaired) electrons. The first kappa shape index (κ1) is 16.6. The molecule has 2 aliphatic rings. The van der Waals surface area contributed by atoms with E-state index in [-0.39, 0.29) is 17.1 Å². The third kappa shape index (κ3) is 2.72. The van der Waals surface area contributed by atoms with E-state index < -0.39 is 0 Å². The van der Waals surface area contributed by atoms with Gasteiger partial charge in [0, 0.05) is 14.1 Å². The van der Waals surface area contributed by atoms with Crippen LogP contribution in [0.25, 0.3) is 0 Å². The SMILES string of the molecule is CN1C(=C(C#N)C(=O)CSc2nnnn2C2CC2)N(C)c2ccccc21. The molecule has 1 saturated carbocycles. The lowest BCUT2D eigenvalue weighted by molar-refractivity contribution is -0.112. The second-order valence-electron chi connectivity index (χ2n) is 6.27. The van der Waals surface area contributed by atoms with E-state index in [1.807, 2.05) is 48.2 Å². The highest BCUT2D eigenvalue weighted by Crippen LogP contribution is 2.40. The van der Waals surface area contributed by atoms with Crippen LogP contribution in [-0.2, 0) is 4.79 Å². The summed E-state index contributed by atoms with van der Waals surface area (Å²) < 4.78 is 1.76. The van der Waals surface area contributed by atoms with E-state index in [9.17, 15) is 10.1 Å². The summed E-state index contributed by atoms with van der Waals surface area (Å²) in [4.78, 5) is 16.5. The fourth-order valence-corrected chi connectivity index (χ4v) is 3.90. The zero-order chi connectivity index (χ0) is 18.3. The van der Waals surface area contributed by atoms with Gasteiger partial charge in [0.2, 0.25) is 5.16 Å². The van der Waals surface area contributed by atoms with Crippen LogP contribution in [0.2, 0.25) is 0 Å². The zero-order valence-electron chi connectivity index (χ0n) is 14.5. The Morgan fingerprint density at radius 2 is 1.92 bits per heavy atom. The number of rotatable bonds is 5. The standard InChI is InChI=1S/C17H17N7OS/c1-22-13-5-3-4-6-14(13)23(2)16(22)12(9-18)15(25)10-26-17-19-20-21-24(17)11-7-8-11/h3-6,11H,7-8,10H2,1-2H3. The highest BCUT2D eigenvalue weighted by atomic mass is 32.2. The van der Waals surface area contributed by atoms with Gasteiger partial charge in [-0.2, -0.15) is 5.26 Å². The highest BCUT2D eigenvalue weighted by Gasteiger charge is 2.32. The van der Waals surface area contributed by atoms with Crippen LogP contribution in [0.3, 0.4) is 0 Å². The molecule has 0 bridgehead atoms. The summed E-state index contributed by atoms with van der Waals surface area (Å²) in [6.45, 7) is 0. The van der Waals surface area contributed by atoms with Crippen molar-refractivity contribution in [1.29, 1.82) is 5.26 Å². The van der Waals surface area contributed by atoms with Crippen LogP contribution in [0, 0.1) is 11.3 Å². The number of carbonyl (C=O) groups excluding carboxylic acids is 1. The molecule has 0 unspecified atom stereocenters. The molecular formula is C17H17N7OS. The average Bonchev–Trinajstić information content (AvgIpc) is 3.34. The van der Waals surface area contributed by atoms with E-state index in [1.165, 1.54) is 11.8 Å². The Bertz CT molecular complexity index is 910. The van der Waals surface area contributed by atoms with Gasteiger partial charge in [0.25, 0.3) is 0 Å². The Labute approximate surface area is 155 Å². The van der Waals surface area contributed by atoms with Crippen molar-refractivity contribution in [2.45, 2.75) is 24.0 Å². The minimum atomic E-state index is -0.232. The largest absolute Gasteiger partial charge is 0.328 e. The van der Waals surface area contributed by atoms with Crippen molar-refractivity contribution in [3.63, 3.8) is 0 Å². The molecule has 0 spiro atoms. The van der Waals surface area contributed by atoms with Crippen molar-refractivity contribution in [3.8, 4) is 6.07 Å². The summed E-state index contributed by atoms with van der Waals surface area (Å²) in [6, 6.07) is 10.3. The summed E-state index contributed by atoms with van der Waals surface area (Å²) >= 11 is 1.27. The normalized spacial score (nSPS) is 15.8. The predicted octanol–water partition coefficient (Wildman–Crippen LogP) is 1.99. The maximum atomic E-state index is 12.8. The number of nitrogens with zero attached hydrogens (tertiary/aromatic N) is 7. The number of hydrogen-bond acceptors (Lipinski definition) is 8. The molecule has 0 amide bonds. The quantitative estimate of drug-likeness (QED) is 0.450. The van der Waals surface area contributed by atoms with Crippen LogP contribution < -0.4 is 9.80 Å². The van der Waals surface area contributed by atoms with Crippen molar-refractivity contribution in [3.05, 3.63) is 35.7 Å². The lowest BCUT2D eigenvalue weighted by atomic mass is 10.2. The smallest absolute Gasteiger partial charge is 0.210 e. The van der Waals surface area contributed by atoms with Gasteiger partial charge in [-0.3, -0.25) is 4.79 Å². The molecule has 0 saturated heterocycles. The number of ketones is 1. The van der Waals surface area contributed by atoms with Gasteiger partial charge in [-0.05, 0) is 35.4 Å². The first-order valence-corrected chi connectivity index (χ1v) is 9.25. The molecule has 2 aromatic rings. The summed E-state index contributed by atoms with van der Waals surface area (Å²) in [5, 5.41) is 21.9. The molecule has 0 atom stereocenters. The zero-order valence-corrected chi connectivity index (χ0v) is 15.3. The molecule has 2 heterocycles. The van der Waals surface area contributed by atoms with Crippen LogP contribution in [-0.4, -0.2) is 45.8 Å². The second-order valence-corrected chi connectivity index (χ2v) is 7.21. The van der Waals surface area contributed by atoms with E-state index in [0.717, 1.165) is 24.2 Å². The first-order valence-electron chi connectivity index (χ1n) is 8.26. The number of Topliss-reactive ketones (excluding diaryl/α,β-unsaturated/α-hetero) is 1. The van der Waals surface area contributed by atoms with Gasteiger partial charge in [0.05, 0.1) is 23.2 Å². The minimum absolute atomic E-state index is 0.123. The molecule has 26 heavy (non-hydrogen) atoms. The molecular weight excluding hydrogens is 350 g/mol. The Hall–Kier alpha value is -2.86. The van der Waals surface area contributed by atoms with E-state index in [1.54, 1.807) is 4.68 Å². The second kappa shape index (κ2) is 6.46. The monoisotopic (exact) mass is 367 g/mol. The fourth-order valence-electron chi connectivity index (χ4n) is 3.09. The van der Waals surface area contributed by atoms with E-state index in [4.69, 9.17) is 0 Å². The first-order chi connectivity index (χ1) is 12.6. The van der Waals surface area contributed by atoms with Gasteiger partial charge in [0.1, 0.15) is 17.5 Å². The highest BCUT2D eigenvalue weighted by molar-refractivity contribution is 7.99. The number of tetrazole rings is 1. The van der Waals surface area contributed by atoms with Crippen molar-refractivity contribution >= 4 is 28.9 Å². The summed E-state index contributed by atoms with van der Waals surface area (Å²) in [7, 11) is 3.73. The number of allylic oxidation sites excluding steroid dienone is 1. The van der Waals surface area contributed by atoms with Crippen LogP contribution in [0.1, 0.15) is 18.9 Å². The van der Waals surface area contributed by atoms with Crippen molar-refractivity contribution in [2.75, 3.05) is 29.6 Å². The molecule has 8 nitrogen and oxygen atoms in total. The fraction of sp³-hybridized carbons (Fsp3) is 0.353. The van der Waals surface area contributed by atoms with Gasteiger partial charge in [0.15, 0.2) is 5.78 Å². The van der Waals surface area contributed by atoms with Gasteiger partial charge in [-0.25, -0.2) is 4.68 Å². The predicted molar refractivity (Wildman–Crippen MR) is 97.7 cm³/mol. The molecule has 0 N–H and O–H groups in total. The molecule has 1 aliphatic carbocycles. The summed E-state index contributed by atoms with van der Waals surface area (Å²) in [5.74, 6) is 0.489. The van der Waals surface area contributed by atoms with Gasteiger partial charge < -0.3 is 9.80 Å². The number of hydrogen-bond donors (Lipinski definition) is 0. The Kier molecular flexibility index (Phi) is 4.12. The molecule has 1 aromatic heterocycles. The van der Waals surface area contributed by atoms with Crippen molar-refractivity contribution in [2.24, 2.45) is 0 Å². The number of nitriles is 1. The molecule has 1 aliphatic heterocycles. The van der Waals surface area contributed by atoms with E-state index in [2.05, 4.69) is 21.6 Å². The van der Waals surface area contributed by atoms with Crippen molar-refractivity contribution in [1.82, 2.24) is 20.2 Å². The van der Waals surface area contributed by atoms with E-state index in [0.29, 0.717) is 17.0 Å². The minimum Gasteiger partial charge on any atom is -0.328 e. The number of carbonyl (C=O) groups is 1. The Morgan fingerprint density at radius 3 is 2.50 bits per heavy atom. The molecule has 1 fully saturated rings. The molecule has 1 aromatic carbocycles. The molecule has 132 valence electrons. The van der Waals surface area contributed by atoms with Crippen LogP contribution in [0.5, 0.6) is 0 Å². The number of aromatic nitrogens is 4. The van der Waals surface area contributed by atoms with Crippen LogP contribution in [0.4, 0.5) is 11.4 Å². The number of anilines is 2. The average molecular weight is 367 g/mol. The molecule has 4 rings (SSSR count). The summed E-state index contributed by atoms with van der Waals surface area (Å²) in [6.07, 6.45) is 2.13. The summed E-state index contributed by atoms with van der Waals surface area (Å²) in [5.41, 5.74) is 2.08. The van der Waals surface area contributed by atoms with Crippen LogP contribution in [0.15, 0.2) is 40.8 Å². The molecule has 9 heteroatoms. The number of thioether (sulfide) groups is 1. The lowest BCUT2D eigenvalue weighted by Gasteiger charge is -2.19. The maximum Gasteiger partial charge on any atom is 0.210 e. The Morgan fingerprint density at radius 1 is 1.27 bits per heavy atom. The number of fused-ring (bicyclic) bond motifs is 1. The third-order valence-electron chi connectivity index (χ3n) is 4.54. The third-order valence-corrected chi connectivity index (χ3v) is 5.48. The number of para-hydroxylation sites is 2. The lowest BCUT2D eigenvalue weighted by Crippen LogP contribution is -2.26. The van der Waals surface area contributed by atoms with Crippen molar-refractivity contribution < 1.29 is 4.79 Å². The van der Waals surface area contributed by atoms with Crippen LogP contribution >= 0.6 is 11.8 Å². The van der Waals surface area contributed by atoms with Gasteiger partial charge in [-0.1, -0.05) is 23.9 Å².